The summed E-state index contributed by atoms with van der Waals surface area (Å²) in [5.41, 5.74) is 5.57. The Hall–Kier alpha value is -3.64. The van der Waals surface area contributed by atoms with Crippen molar-refractivity contribution in [3.05, 3.63) is 102 Å². The molecule has 3 aromatic carbocycles. The van der Waals surface area contributed by atoms with Crippen LogP contribution >= 0.6 is 0 Å². The van der Waals surface area contributed by atoms with Gasteiger partial charge in [-0.15, -0.1) is 0 Å². The molecular formula is C25H19N3O2S. The molecule has 0 bridgehead atoms. The topological polar surface area (TPSA) is 67.2 Å². The summed E-state index contributed by atoms with van der Waals surface area (Å²) < 4.78 is 28.3. The van der Waals surface area contributed by atoms with Crippen molar-refractivity contribution < 1.29 is 8.42 Å². The summed E-state index contributed by atoms with van der Waals surface area (Å²) in [6.45, 7) is 0.676. The van der Waals surface area contributed by atoms with Crippen LogP contribution in [0.4, 0.5) is 0 Å². The normalized spacial score (nSPS) is 14.0. The molecule has 1 aliphatic heterocycles. The van der Waals surface area contributed by atoms with Gasteiger partial charge < -0.3 is 4.98 Å². The van der Waals surface area contributed by atoms with E-state index in [0.717, 1.165) is 34.3 Å². The van der Waals surface area contributed by atoms with Gasteiger partial charge in [0.1, 0.15) is 0 Å². The van der Waals surface area contributed by atoms with Crippen molar-refractivity contribution in [1.29, 1.82) is 0 Å². The number of aromatic nitrogens is 2. The van der Waals surface area contributed by atoms with Crippen LogP contribution in [0, 0.1) is 0 Å². The van der Waals surface area contributed by atoms with Crippen LogP contribution in [0.15, 0.2) is 94.9 Å². The predicted octanol–water partition coefficient (Wildman–Crippen LogP) is 4.75. The van der Waals surface area contributed by atoms with Crippen molar-refractivity contribution in [3.63, 3.8) is 0 Å². The zero-order chi connectivity index (χ0) is 21.0. The maximum atomic E-state index is 13.4. The number of nitrogens with zero attached hydrogens (tertiary/aromatic N) is 2. The van der Waals surface area contributed by atoms with Crippen molar-refractivity contribution in [2.24, 2.45) is 4.99 Å². The Balaban J connectivity index is 1.61. The molecule has 1 N–H and O–H groups in total. The Morgan fingerprint density at radius 1 is 0.839 bits per heavy atom. The molecule has 1 aliphatic rings. The van der Waals surface area contributed by atoms with E-state index in [1.165, 1.54) is 14.9 Å². The number of para-hydroxylation sites is 2. The zero-order valence-corrected chi connectivity index (χ0v) is 17.4. The van der Waals surface area contributed by atoms with Crippen LogP contribution in [-0.2, 0) is 16.4 Å². The first-order valence-corrected chi connectivity index (χ1v) is 11.6. The first-order valence-electron chi connectivity index (χ1n) is 10.2. The van der Waals surface area contributed by atoms with Crippen molar-refractivity contribution in [2.75, 3.05) is 6.54 Å². The van der Waals surface area contributed by atoms with Crippen molar-refractivity contribution >= 4 is 37.5 Å². The van der Waals surface area contributed by atoms with E-state index >= 15 is 0 Å². The van der Waals surface area contributed by atoms with Crippen LogP contribution in [0.2, 0.25) is 0 Å². The maximum absolute atomic E-state index is 13.4. The number of benzene rings is 3. The maximum Gasteiger partial charge on any atom is 0.268 e. The minimum atomic E-state index is -3.73. The van der Waals surface area contributed by atoms with E-state index < -0.39 is 10.0 Å². The Morgan fingerprint density at radius 3 is 2.39 bits per heavy atom. The Kier molecular flexibility index (Phi) is 3.91. The highest BCUT2D eigenvalue weighted by molar-refractivity contribution is 7.90. The Bertz CT molecular complexity index is 1590. The van der Waals surface area contributed by atoms with E-state index in [4.69, 9.17) is 4.99 Å². The summed E-state index contributed by atoms with van der Waals surface area (Å²) in [5.74, 6) is 0. The molecular weight excluding hydrogens is 406 g/mol. The number of rotatable bonds is 3. The van der Waals surface area contributed by atoms with Gasteiger partial charge in [-0.25, -0.2) is 12.4 Å². The van der Waals surface area contributed by atoms with Gasteiger partial charge in [0, 0.05) is 34.6 Å². The van der Waals surface area contributed by atoms with Gasteiger partial charge in [0.05, 0.1) is 21.8 Å². The first kappa shape index (κ1) is 18.2. The number of hydrogen-bond acceptors (Lipinski definition) is 3. The third kappa shape index (κ3) is 2.68. The number of aliphatic imine (C=N–C) groups is 1. The van der Waals surface area contributed by atoms with Crippen LogP contribution in [0.1, 0.15) is 16.8 Å². The molecule has 2 aromatic heterocycles. The fourth-order valence-corrected chi connectivity index (χ4v) is 5.87. The van der Waals surface area contributed by atoms with Gasteiger partial charge in [0.2, 0.25) is 0 Å². The smallest absolute Gasteiger partial charge is 0.268 e. The standard InChI is InChI=1S/C25H19N3O2S/c29-31(30,17-8-2-1-3-9-17)28-16-21(19-11-5-7-13-23(19)28)24-25-20(14-15-26-24)18-10-4-6-12-22(18)27-25/h1-13,16,27H,14-15H2. The molecule has 0 saturated heterocycles. The molecule has 0 aliphatic carbocycles. The van der Waals surface area contributed by atoms with Crippen molar-refractivity contribution in [1.82, 2.24) is 8.96 Å². The summed E-state index contributed by atoms with van der Waals surface area (Å²) in [5, 5.41) is 2.07. The molecule has 5 nitrogen and oxygen atoms in total. The van der Waals surface area contributed by atoms with Crippen LogP contribution in [-0.4, -0.2) is 29.6 Å². The monoisotopic (exact) mass is 425 g/mol. The third-order valence-electron chi connectivity index (χ3n) is 5.92. The molecule has 0 saturated carbocycles. The van der Waals surface area contributed by atoms with Crippen LogP contribution < -0.4 is 0 Å². The lowest BCUT2D eigenvalue weighted by molar-refractivity contribution is 0.589. The molecule has 0 atom stereocenters. The van der Waals surface area contributed by atoms with Gasteiger partial charge in [-0.3, -0.25) is 4.99 Å². The summed E-state index contributed by atoms with van der Waals surface area (Å²) >= 11 is 0. The highest BCUT2D eigenvalue weighted by Crippen LogP contribution is 2.32. The molecule has 0 unspecified atom stereocenters. The van der Waals surface area contributed by atoms with Gasteiger partial charge in [-0.1, -0.05) is 54.6 Å². The molecule has 0 radical (unpaired) electrons. The summed E-state index contributed by atoms with van der Waals surface area (Å²) in [6.07, 6.45) is 2.58. The molecule has 6 heteroatoms. The SMILES string of the molecule is O=S(=O)(c1ccccc1)n1cc(C2=NCCc3c2[nH]c2ccccc32)c2ccccc21. The molecule has 0 spiro atoms. The van der Waals surface area contributed by atoms with Crippen molar-refractivity contribution in [3.8, 4) is 0 Å². The second-order valence-corrected chi connectivity index (χ2v) is 9.49. The Morgan fingerprint density at radius 2 is 1.55 bits per heavy atom. The second kappa shape index (κ2) is 6.68. The Labute approximate surface area is 179 Å². The molecule has 152 valence electrons. The van der Waals surface area contributed by atoms with E-state index in [-0.39, 0.29) is 4.90 Å². The predicted molar refractivity (Wildman–Crippen MR) is 123 cm³/mol. The summed E-state index contributed by atoms with van der Waals surface area (Å²) in [4.78, 5) is 8.61. The highest BCUT2D eigenvalue weighted by atomic mass is 32.2. The van der Waals surface area contributed by atoms with E-state index in [2.05, 4.69) is 17.1 Å². The lowest BCUT2D eigenvalue weighted by Crippen LogP contribution is -2.14. The van der Waals surface area contributed by atoms with E-state index in [1.807, 2.05) is 42.5 Å². The van der Waals surface area contributed by atoms with Crippen LogP contribution in [0.3, 0.4) is 0 Å². The van der Waals surface area contributed by atoms with Gasteiger partial charge in [0.15, 0.2) is 0 Å². The highest BCUT2D eigenvalue weighted by Gasteiger charge is 2.26. The molecule has 6 rings (SSSR count). The molecule has 0 fully saturated rings. The minimum absolute atomic E-state index is 0.263. The van der Waals surface area contributed by atoms with Crippen LogP contribution in [0.5, 0.6) is 0 Å². The lowest BCUT2D eigenvalue weighted by Gasteiger charge is -2.13. The van der Waals surface area contributed by atoms with E-state index in [9.17, 15) is 8.42 Å². The van der Waals surface area contributed by atoms with Gasteiger partial charge in [-0.05, 0) is 36.2 Å². The number of nitrogens with one attached hydrogen (secondary N) is 1. The molecule has 0 amide bonds. The largest absolute Gasteiger partial charge is 0.353 e. The molecule has 5 aromatic rings. The minimum Gasteiger partial charge on any atom is -0.353 e. The molecule has 3 heterocycles. The van der Waals surface area contributed by atoms with E-state index in [0.29, 0.717) is 12.1 Å². The number of H-pyrrole nitrogens is 1. The number of aromatic amines is 1. The average molecular weight is 426 g/mol. The van der Waals surface area contributed by atoms with Crippen LogP contribution in [0.25, 0.3) is 21.8 Å². The quantitative estimate of drug-likeness (QED) is 0.453. The zero-order valence-electron chi connectivity index (χ0n) is 16.6. The number of hydrogen-bond donors (Lipinski definition) is 1. The fourth-order valence-electron chi connectivity index (χ4n) is 4.48. The van der Waals surface area contributed by atoms with E-state index in [1.54, 1.807) is 30.5 Å². The van der Waals surface area contributed by atoms with Crippen molar-refractivity contribution in [2.45, 2.75) is 11.3 Å². The van der Waals surface area contributed by atoms with Gasteiger partial charge >= 0.3 is 0 Å². The molecule has 31 heavy (non-hydrogen) atoms. The first-order chi connectivity index (χ1) is 15.1. The second-order valence-electron chi connectivity index (χ2n) is 7.68. The fraction of sp³-hybridized carbons (Fsp3) is 0.0800. The summed E-state index contributed by atoms with van der Waals surface area (Å²) in [7, 11) is -3.73. The summed E-state index contributed by atoms with van der Waals surface area (Å²) in [6, 6.07) is 24.4. The third-order valence-corrected chi connectivity index (χ3v) is 7.60. The van der Waals surface area contributed by atoms with Gasteiger partial charge in [-0.2, -0.15) is 0 Å². The average Bonchev–Trinajstić information content (AvgIpc) is 3.39. The lowest BCUT2D eigenvalue weighted by atomic mass is 9.98. The number of fused-ring (bicyclic) bond motifs is 4. The van der Waals surface area contributed by atoms with Gasteiger partial charge in [0.25, 0.3) is 10.0 Å².